The second-order valence-corrected chi connectivity index (χ2v) is 7.77. The SMILES string of the molecule is COc1ccc(OC)c(C(=O)CN2C(=O)N[C@@](C)(c3ccc4c(c3)CCC4)C2=O)c1. The highest BCUT2D eigenvalue weighted by molar-refractivity contribution is 6.11. The summed E-state index contributed by atoms with van der Waals surface area (Å²) in [5.41, 5.74) is 2.29. The zero-order chi connectivity index (χ0) is 21.5. The number of methoxy groups -OCH3 is 2. The summed E-state index contributed by atoms with van der Waals surface area (Å²) in [6.45, 7) is 1.30. The van der Waals surface area contributed by atoms with Gasteiger partial charge in [0.2, 0.25) is 0 Å². The lowest BCUT2D eigenvalue weighted by Crippen LogP contribution is -2.41. The van der Waals surface area contributed by atoms with Gasteiger partial charge in [-0.15, -0.1) is 0 Å². The number of amides is 3. The quantitative estimate of drug-likeness (QED) is 0.587. The molecule has 0 spiro atoms. The topological polar surface area (TPSA) is 84.9 Å². The molecule has 1 atom stereocenters. The molecule has 2 aromatic carbocycles. The molecule has 0 radical (unpaired) electrons. The lowest BCUT2D eigenvalue weighted by molar-refractivity contribution is -0.130. The van der Waals surface area contributed by atoms with E-state index in [9.17, 15) is 14.4 Å². The van der Waals surface area contributed by atoms with Crippen molar-refractivity contribution < 1.29 is 23.9 Å². The second-order valence-electron chi connectivity index (χ2n) is 7.77. The fraction of sp³-hybridized carbons (Fsp3) is 0.348. The minimum atomic E-state index is -1.20. The van der Waals surface area contributed by atoms with Crippen LogP contribution in [0.3, 0.4) is 0 Å². The number of fused-ring (bicyclic) bond motifs is 1. The molecule has 0 saturated carbocycles. The third kappa shape index (κ3) is 3.20. The number of Topliss-reactive ketones (excluding diaryl/α,β-unsaturated/α-hetero) is 1. The summed E-state index contributed by atoms with van der Waals surface area (Å²) in [4.78, 5) is 39.8. The standard InChI is InChI=1S/C23H24N2O5/c1-23(16-8-7-14-5-4-6-15(14)11-16)21(27)25(22(28)24-23)13-19(26)18-12-17(29-2)9-10-20(18)30-3/h7-12H,4-6,13H2,1-3H3,(H,24,28)/t23-/m0/s1. The van der Waals surface area contributed by atoms with E-state index >= 15 is 0 Å². The van der Waals surface area contributed by atoms with Crippen LogP contribution in [0.15, 0.2) is 36.4 Å². The minimum Gasteiger partial charge on any atom is -0.497 e. The van der Waals surface area contributed by atoms with Gasteiger partial charge in [0.25, 0.3) is 5.91 Å². The fourth-order valence-corrected chi connectivity index (χ4v) is 4.18. The molecule has 2 aromatic rings. The Hall–Kier alpha value is -3.35. The number of carbonyl (C=O) groups is 3. The zero-order valence-electron chi connectivity index (χ0n) is 17.3. The number of imide groups is 1. The molecule has 7 nitrogen and oxygen atoms in total. The van der Waals surface area contributed by atoms with Gasteiger partial charge in [-0.05, 0) is 61.1 Å². The van der Waals surface area contributed by atoms with E-state index in [0.717, 1.165) is 29.7 Å². The molecule has 3 amide bonds. The molecule has 1 N–H and O–H groups in total. The molecule has 30 heavy (non-hydrogen) atoms. The van der Waals surface area contributed by atoms with Crippen LogP contribution in [0.1, 0.15) is 40.4 Å². The summed E-state index contributed by atoms with van der Waals surface area (Å²) in [5, 5.41) is 2.77. The highest BCUT2D eigenvalue weighted by Crippen LogP contribution is 2.33. The summed E-state index contributed by atoms with van der Waals surface area (Å²) in [5.74, 6) is -0.0123. The first-order valence-corrected chi connectivity index (χ1v) is 9.89. The van der Waals surface area contributed by atoms with Crippen LogP contribution in [-0.4, -0.2) is 43.4 Å². The van der Waals surface area contributed by atoms with Crippen LogP contribution in [0.5, 0.6) is 11.5 Å². The first kappa shape index (κ1) is 19.9. The van der Waals surface area contributed by atoms with Crippen molar-refractivity contribution in [2.75, 3.05) is 20.8 Å². The minimum absolute atomic E-state index is 0.253. The van der Waals surface area contributed by atoms with Gasteiger partial charge < -0.3 is 14.8 Å². The molecule has 2 aliphatic rings. The van der Waals surface area contributed by atoms with E-state index in [4.69, 9.17) is 9.47 Å². The molecule has 1 saturated heterocycles. The molecular weight excluding hydrogens is 384 g/mol. The van der Waals surface area contributed by atoms with Crippen molar-refractivity contribution in [2.45, 2.75) is 31.7 Å². The lowest BCUT2D eigenvalue weighted by atomic mass is 9.89. The van der Waals surface area contributed by atoms with E-state index in [1.54, 1.807) is 25.1 Å². The van der Waals surface area contributed by atoms with E-state index in [-0.39, 0.29) is 12.1 Å². The molecule has 1 aliphatic carbocycles. The maximum atomic E-state index is 13.2. The summed E-state index contributed by atoms with van der Waals surface area (Å²) < 4.78 is 10.4. The van der Waals surface area contributed by atoms with E-state index in [1.807, 2.05) is 18.2 Å². The summed E-state index contributed by atoms with van der Waals surface area (Å²) >= 11 is 0. The van der Waals surface area contributed by atoms with Crippen LogP contribution < -0.4 is 14.8 Å². The number of hydrogen-bond donors (Lipinski definition) is 1. The number of hydrogen-bond acceptors (Lipinski definition) is 5. The maximum absolute atomic E-state index is 13.2. The van der Waals surface area contributed by atoms with E-state index < -0.39 is 23.3 Å². The van der Waals surface area contributed by atoms with Crippen molar-refractivity contribution in [3.05, 3.63) is 58.7 Å². The predicted octanol–water partition coefficient (Wildman–Crippen LogP) is 2.84. The van der Waals surface area contributed by atoms with Crippen LogP contribution in [0.25, 0.3) is 0 Å². The molecule has 0 unspecified atom stereocenters. The first-order valence-electron chi connectivity index (χ1n) is 9.89. The van der Waals surface area contributed by atoms with Gasteiger partial charge in [-0.1, -0.05) is 18.2 Å². The predicted molar refractivity (Wildman–Crippen MR) is 110 cm³/mol. The van der Waals surface area contributed by atoms with Crippen molar-refractivity contribution in [3.8, 4) is 11.5 Å². The third-order valence-corrected chi connectivity index (χ3v) is 5.96. The maximum Gasteiger partial charge on any atom is 0.325 e. The van der Waals surface area contributed by atoms with Crippen molar-refractivity contribution >= 4 is 17.7 Å². The average molecular weight is 408 g/mol. The molecular formula is C23H24N2O5. The Kier molecular flexibility index (Phi) is 4.97. The largest absolute Gasteiger partial charge is 0.497 e. The van der Waals surface area contributed by atoms with Gasteiger partial charge in [0.15, 0.2) is 5.78 Å². The first-order chi connectivity index (χ1) is 14.4. The summed E-state index contributed by atoms with van der Waals surface area (Å²) in [6, 6.07) is 10.2. The lowest BCUT2D eigenvalue weighted by Gasteiger charge is -2.23. The number of carbonyl (C=O) groups excluding carboxylic acids is 3. The number of nitrogens with one attached hydrogen (secondary N) is 1. The second kappa shape index (κ2) is 7.48. The van der Waals surface area contributed by atoms with Crippen LogP contribution in [0.2, 0.25) is 0 Å². The fourth-order valence-electron chi connectivity index (χ4n) is 4.18. The average Bonchev–Trinajstić information content (AvgIpc) is 3.31. The molecule has 1 aliphatic heterocycles. The van der Waals surface area contributed by atoms with E-state index in [2.05, 4.69) is 5.32 Å². The Bertz CT molecular complexity index is 1050. The number of ether oxygens (including phenoxy) is 2. The van der Waals surface area contributed by atoms with E-state index in [0.29, 0.717) is 11.5 Å². The van der Waals surface area contributed by atoms with Gasteiger partial charge in [0, 0.05) is 0 Å². The van der Waals surface area contributed by atoms with Gasteiger partial charge in [-0.2, -0.15) is 0 Å². The Morgan fingerprint density at radius 1 is 1.07 bits per heavy atom. The van der Waals surface area contributed by atoms with E-state index in [1.165, 1.54) is 25.3 Å². The van der Waals surface area contributed by atoms with Gasteiger partial charge in [0.05, 0.1) is 26.3 Å². The van der Waals surface area contributed by atoms with Gasteiger partial charge in [-0.25, -0.2) is 4.79 Å². The smallest absolute Gasteiger partial charge is 0.325 e. The molecule has 7 heteroatoms. The normalized spacial score (nSPS) is 20.2. The van der Waals surface area contributed by atoms with Gasteiger partial charge in [-0.3, -0.25) is 14.5 Å². The molecule has 4 rings (SSSR count). The van der Waals surface area contributed by atoms with Crippen molar-refractivity contribution in [1.82, 2.24) is 10.2 Å². The monoisotopic (exact) mass is 408 g/mol. The summed E-state index contributed by atoms with van der Waals surface area (Å²) in [7, 11) is 2.95. The molecule has 1 heterocycles. The van der Waals surface area contributed by atoms with Crippen LogP contribution in [0.4, 0.5) is 4.79 Å². The highest BCUT2D eigenvalue weighted by atomic mass is 16.5. The number of nitrogens with zero attached hydrogens (tertiary/aromatic N) is 1. The zero-order valence-corrected chi connectivity index (χ0v) is 17.3. The van der Waals surface area contributed by atoms with Crippen molar-refractivity contribution in [1.29, 1.82) is 0 Å². The Labute approximate surface area is 175 Å². The number of rotatable bonds is 6. The number of ketones is 1. The van der Waals surface area contributed by atoms with Crippen molar-refractivity contribution in [3.63, 3.8) is 0 Å². The van der Waals surface area contributed by atoms with Gasteiger partial charge in [0.1, 0.15) is 17.0 Å². The molecule has 0 aromatic heterocycles. The van der Waals surface area contributed by atoms with Crippen molar-refractivity contribution in [2.24, 2.45) is 0 Å². The number of aryl methyl sites for hydroxylation is 2. The summed E-state index contributed by atoms with van der Waals surface area (Å²) in [6.07, 6.45) is 3.10. The third-order valence-electron chi connectivity index (χ3n) is 5.96. The molecule has 1 fully saturated rings. The van der Waals surface area contributed by atoms with Crippen LogP contribution >= 0.6 is 0 Å². The Morgan fingerprint density at radius 3 is 2.57 bits per heavy atom. The van der Waals surface area contributed by atoms with Crippen LogP contribution in [0, 0.1) is 0 Å². The highest BCUT2D eigenvalue weighted by Gasteiger charge is 2.49. The number of benzene rings is 2. The number of urea groups is 1. The molecule has 0 bridgehead atoms. The Balaban J connectivity index is 1.60. The molecule has 156 valence electrons. The van der Waals surface area contributed by atoms with Gasteiger partial charge >= 0.3 is 6.03 Å². The Morgan fingerprint density at radius 2 is 1.83 bits per heavy atom. The van der Waals surface area contributed by atoms with Crippen LogP contribution in [-0.2, 0) is 23.2 Å².